The number of hydrogen-bond donors (Lipinski definition) is 3. The van der Waals surface area contributed by atoms with Gasteiger partial charge in [-0.25, -0.2) is 0 Å². The molecule has 0 aromatic rings. The molecule has 2 aliphatic rings. The van der Waals surface area contributed by atoms with E-state index < -0.39 is 11.1 Å². The van der Waals surface area contributed by atoms with Crippen LogP contribution in [0.5, 0.6) is 0 Å². The number of alkyl halides is 2. The summed E-state index contributed by atoms with van der Waals surface area (Å²) < 4.78 is 0.108. The molecule has 0 bridgehead atoms. The van der Waals surface area contributed by atoms with Gasteiger partial charge in [-0.1, -0.05) is 45.2 Å². The maximum absolute atomic E-state index is 13.0. The molecule has 2 heterocycles. The second-order valence-corrected chi connectivity index (χ2v) is 14.3. The van der Waals surface area contributed by atoms with Crippen molar-refractivity contribution in [1.29, 1.82) is 0 Å². The van der Waals surface area contributed by atoms with E-state index in [9.17, 15) is 14.8 Å². The maximum atomic E-state index is 13.0. The van der Waals surface area contributed by atoms with Crippen LogP contribution in [0, 0.1) is 0 Å². The third kappa shape index (κ3) is 7.37. The van der Waals surface area contributed by atoms with E-state index in [4.69, 9.17) is 4.84 Å². The summed E-state index contributed by atoms with van der Waals surface area (Å²) in [5, 5.41) is 20.3. The van der Waals surface area contributed by atoms with Gasteiger partial charge in [-0.15, -0.1) is 0 Å². The number of rotatable bonds is 7. The number of carbonyl (C=O) groups is 2. The molecule has 3 N–H and O–H groups in total. The molecule has 2 saturated heterocycles. The van der Waals surface area contributed by atoms with Crippen LogP contribution in [0.1, 0.15) is 81.1 Å². The smallest absolute Gasteiger partial charge is 0.235 e. The minimum atomic E-state index is -0.415. The van der Waals surface area contributed by atoms with Crippen molar-refractivity contribution in [2.75, 3.05) is 11.0 Å². The highest BCUT2D eigenvalue weighted by molar-refractivity contribution is 14.1. The standard InChI is InChI=1S/C23H42I2N4O4/c1-20(2)9-16(10-21(3,4)28(20)32)27-19(31)17(25)14-33-29-22(5,6)11-15(12-23(29,7)8)26-18(30)13-24/h15-17,32H,9-14H2,1-8H3,(H,26,30)(H,27,31). The Bertz CT molecular complexity index is 693. The normalized spacial score (nSPS) is 26.5. The van der Waals surface area contributed by atoms with Gasteiger partial charge in [0.1, 0.15) is 3.92 Å². The van der Waals surface area contributed by atoms with Crippen molar-refractivity contribution in [3.05, 3.63) is 0 Å². The van der Waals surface area contributed by atoms with E-state index in [1.54, 1.807) is 0 Å². The van der Waals surface area contributed by atoms with E-state index in [1.807, 2.05) is 32.8 Å². The fraction of sp³-hybridized carbons (Fsp3) is 0.913. The van der Waals surface area contributed by atoms with Gasteiger partial charge in [0.25, 0.3) is 0 Å². The largest absolute Gasteiger partial charge is 0.353 e. The van der Waals surface area contributed by atoms with Gasteiger partial charge >= 0.3 is 0 Å². The van der Waals surface area contributed by atoms with Crippen molar-refractivity contribution in [1.82, 2.24) is 20.8 Å². The number of halogens is 2. The molecule has 0 saturated carbocycles. The van der Waals surface area contributed by atoms with E-state index in [-0.39, 0.29) is 45.5 Å². The molecular weight excluding hydrogens is 650 g/mol. The molecule has 2 amide bonds. The Kier molecular flexibility index (Phi) is 9.55. The highest BCUT2D eigenvalue weighted by Gasteiger charge is 2.48. The van der Waals surface area contributed by atoms with Crippen molar-refractivity contribution in [3.63, 3.8) is 0 Å². The minimum Gasteiger partial charge on any atom is -0.353 e. The second-order valence-electron chi connectivity index (χ2n) is 12.0. The third-order valence-corrected chi connectivity index (χ3v) is 8.32. The highest BCUT2D eigenvalue weighted by atomic mass is 127. The van der Waals surface area contributed by atoms with Gasteiger partial charge in [0.05, 0.1) is 11.0 Å². The monoisotopic (exact) mass is 692 g/mol. The first-order valence-electron chi connectivity index (χ1n) is 11.6. The lowest BCUT2D eigenvalue weighted by Crippen LogP contribution is -2.64. The van der Waals surface area contributed by atoms with Crippen LogP contribution in [0.25, 0.3) is 0 Å². The lowest BCUT2D eigenvalue weighted by atomic mass is 9.79. The predicted molar refractivity (Wildman–Crippen MR) is 147 cm³/mol. The van der Waals surface area contributed by atoms with E-state index >= 15 is 0 Å². The molecule has 1 atom stereocenters. The summed E-state index contributed by atoms with van der Waals surface area (Å²) in [5.74, 6) is 0.0161. The van der Waals surface area contributed by atoms with Crippen LogP contribution in [0.2, 0.25) is 0 Å². The number of nitrogens with one attached hydrogen (secondary N) is 2. The van der Waals surface area contributed by atoms with Crippen LogP contribution in [0.3, 0.4) is 0 Å². The molecule has 192 valence electrons. The Balaban J connectivity index is 1.97. The number of hydroxylamine groups is 4. The summed E-state index contributed by atoms with van der Waals surface area (Å²) in [5.41, 5.74) is -1.41. The van der Waals surface area contributed by atoms with Crippen molar-refractivity contribution in [2.24, 2.45) is 0 Å². The third-order valence-electron chi connectivity index (χ3n) is 6.70. The van der Waals surface area contributed by atoms with E-state index in [1.165, 1.54) is 5.06 Å². The molecule has 2 fully saturated rings. The van der Waals surface area contributed by atoms with Gasteiger partial charge in [0.2, 0.25) is 11.8 Å². The van der Waals surface area contributed by atoms with Crippen molar-refractivity contribution >= 4 is 57.0 Å². The molecule has 0 spiro atoms. The van der Waals surface area contributed by atoms with Gasteiger partial charge in [-0.05, 0) is 81.1 Å². The SMILES string of the molecule is CC1(C)CC(NC(=O)C(I)CON2C(C)(C)CC(NC(=O)CI)CC2(C)C)CC(C)(C)N1O. The van der Waals surface area contributed by atoms with Crippen molar-refractivity contribution in [2.45, 2.75) is 119 Å². The van der Waals surface area contributed by atoms with Crippen LogP contribution < -0.4 is 10.6 Å². The molecule has 1 unspecified atom stereocenters. The molecule has 8 nitrogen and oxygen atoms in total. The predicted octanol–water partition coefficient (Wildman–Crippen LogP) is 3.82. The molecule has 0 radical (unpaired) electrons. The second kappa shape index (κ2) is 10.7. The summed E-state index contributed by atoms with van der Waals surface area (Å²) in [4.78, 5) is 31.2. The van der Waals surface area contributed by atoms with Crippen molar-refractivity contribution < 1.29 is 19.6 Å². The number of carbonyl (C=O) groups excluding carboxylic acids is 2. The van der Waals surface area contributed by atoms with Gasteiger partial charge < -0.3 is 15.8 Å². The van der Waals surface area contributed by atoms with Gasteiger partial charge in [-0.3, -0.25) is 14.4 Å². The first kappa shape index (κ1) is 29.5. The zero-order valence-electron chi connectivity index (χ0n) is 21.3. The molecule has 2 rings (SSSR count). The number of nitrogens with zero attached hydrogens (tertiary/aromatic N) is 2. The number of piperidine rings is 2. The maximum Gasteiger partial charge on any atom is 0.235 e. The Labute approximate surface area is 226 Å². The molecule has 2 aliphatic heterocycles. The van der Waals surface area contributed by atoms with E-state index in [0.29, 0.717) is 17.3 Å². The fourth-order valence-electron chi connectivity index (χ4n) is 5.86. The minimum absolute atomic E-state index is 0.00620. The van der Waals surface area contributed by atoms with Gasteiger partial charge in [0, 0.05) is 34.2 Å². The van der Waals surface area contributed by atoms with Crippen molar-refractivity contribution in [3.8, 4) is 0 Å². The summed E-state index contributed by atoms with van der Waals surface area (Å²) >= 11 is 4.23. The molecule has 33 heavy (non-hydrogen) atoms. The van der Waals surface area contributed by atoms with Crippen LogP contribution >= 0.6 is 45.2 Å². The zero-order chi connectivity index (χ0) is 25.4. The molecule has 0 aromatic carbocycles. The van der Waals surface area contributed by atoms with Crippen LogP contribution in [-0.2, 0) is 14.4 Å². The summed E-state index contributed by atoms with van der Waals surface area (Å²) in [6, 6.07) is 0.0909. The van der Waals surface area contributed by atoms with E-state index in [0.717, 1.165) is 12.8 Å². The summed E-state index contributed by atoms with van der Waals surface area (Å²) in [6.07, 6.45) is 2.92. The van der Waals surface area contributed by atoms with Gasteiger partial charge in [-0.2, -0.15) is 10.1 Å². The van der Waals surface area contributed by atoms with Crippen LogP contribution in [-0.4, -0.2) is 76.3 Å². The zero-order valence-corrected chi connectivity index (χ0v) is 25.6. The highest BCUT2D eigenvalue weighted by Crippen LogP contribution is 2.39. The molecule has 0 aliphatic carbocycles. The first-order chi connectivity index (χ1) is 14.9. The number of hydrogen-bond acceptors (Lipinski definition) is 6. The molecule has 0 aromatic heterocycles. The average molecular weight is 692 g/mol. The molecular formula is C23H42I2N4O4. The Hall–Kier alpha value is 0.240. The summed E-state index contributed by atoms with van der Waals surface area (Å²) in [6.45, 7) is 16.7. The van der Waals surface area contributed by atoms with E-state index in [2.05, 4.69) is 83.5 Å². The molecule has 10 heteroatoms. The Morgan fingerprint density at radius 1 is 0.909 bits per heavy atom. The topological polar surface area (TPSA) is 94.1 Å². The fourth-order valence-corrected chi connectivity index (χ4v) is 6.42. The van der Waals surface area contributed by atoms with Gasteiger partial charge in [0.15, 0.2) is 0 Å². The number of amides is 2. The lowest BCUT2D eigenvalue weighted by Gasteiger charge is -2.54. The Morgan fingerprint density at radius 2 is 1.33 bits per heavy atom. The summed E-state index contributed by atoms with van der Waals surface area (Å²) in [7, 11) is 0. The van der Waals surface area contributed by atoms with Crippen LogP contribution in [0.15, 0.2) is 0 Å². The average Bonchev–Trinajstić information content (AvgIpc) is 2.63. The lowest BCUT2D eigenvalue weighted by molar-refractivity contribution is -0.282. The van der Waals surface area contributed by atoms with Crippen LogP contribution in [0.4, 0.5) is 0 Å². The first-order valence-corrected chi connectivity index (χ1v) is 14.4. The Morgan fingerprint density at radius 3 is 1.79 bits per heavy atom. The quantitative estimate of drug-likeness (QED) is 0.278.